The molecule has 1 N–H and O–H groups in total. The second kappa shape index (κ2) is 5.84. The molecule has 19 heavy (non-hydrogen) atoms. The van der Waals surface area contributed by atoms with Gasteiger partial charge in [-0.3, -0.25) is 4.68 Å². The fourth-order valence-electron chi connectivity index (χ4n) is 2.13. The van der Waals surface area contributed by atoms with E-state index >= 15 is 0 Å². The number of aromatic nitrogens is 2. The predicted octanol–water partition coefficient (Wildman–Crippen LogP) is 3.33. The summed E-state index contributed by atoms with van der Waals surface area (Å²) in [5.74, 6) is -0.225. The summed E-state index contributed by atoms with van der Waals surface area (Å²) < 4.78 is 16.6. The number of nitrogens with one attached hydrogen (secondary N) is 1. The number of hydrogen-bond donors (Lipinski definition) is 1. The fraction of sp³-hybridized carbons (Fsp3) is 0.357. The van der Waals surface area contributed by atoms with E-state index in [0.717, 1.165) is 17.8 Å². The summed E-state index contributed by atoms with van der Waals surface area (Å²) in [6, 6.07) is 5.17. The lowest BCUT2D eigenvalue weighted by molar-refractivity contribution is 0.553. The molecular weight excluding hydrogens is 309 g/mol. The predicted molar refractivity (Wildman–Crippen MR) is 77.6 cm³/mol. The quantitative estimate of drug-likeness (QED) is 0.934. The van der Waals surface area contributed by atoms with E-state index in [-0.39, 0.29) is 11.9 Å². The number of aryl methyl sites for hydroxylation is 1. The van der Waals surface area contributed by atoms with Gasteiger partial charge in [0.1, 0.15) is 5.82 Å². The maximum absolute atomic E-state index is 14.3. The summed E-state index contributed by atoms with van der Waals surface area (Å²) >= 11 is 3.24. The Hall–Kier alpha value is -1.20. The van der Waals surface area contributed by atoms with Gasteiger partial charge in [-0.2, -0.15) is 5.10 Å². The third-order valence-corrected chi connectivity index (χ3v) is 3.90. The van der Waals surface area contributed by atoms with E-state index in [1.54, 1.807) is 23.0 Å². The molecule has 0 spiro atoms. The van der Waals surface area contributed by atoms with Gasteiger partial charge in [-0.25, -0.2) is 4.39 Å². The second-order valence-electron chi connectivity index (χ2n) is 4.44. The Kier molecular flexibility index (Phi) is 4.37. The monoisotopic (exact) mass is 325 g/mol. The largest absolute Gasteiger partial charge is 0.306 e. The first-order valence-electron chi connectivity index (χ1n) is 6.22. The lowest BCUT2D eigenvalue weighted by atomic mass is 9.99. The molecule has 0 amide bonds. The zero-order chi connectivity index (χ0) is 14.0. The van der Waals surface area contributed by atoms with Gasteiger partial charge in [0, 0.05) is 23.9 Å². The van der Waals surface area contributed by atoms with Crippen LogP contribution in [0, 0.1) is 12.7 Å². The van der Waals surface area contributed by atoms with Crippen molar-refractivity contribution >= 4 is 15.9 Å². The van der Waals surface area contributed by atoms with Crippen molar-refractivity contribution in [3.05, 3.63) is 51.5 Å². The van der Waals surface area contributed by atoms with E-state index in [4.69, 9.17) is 0 Å². The summed E-state index contributed by atoms with van der Waals surface area (Å²) in [6.45, 7) is 4.75. The number of halogens is 2. The molecule has 0 fully saturated rings. The third kappa shape index (κ3) is 2.72. The van der Waals surface area contributed by atoms with E-state index in [0.29, 0.717) is 10.0 Å². The van der Waals surface area contributed by atoms with Crippen LogP contribution < -0.4 is 5.32 Å². The van der Waals surface area contributed by atoms with Gasteiger partial charge in [-0.05, 0) is 35.5 Å². The number of benzene rings is 1. The average Bonchev–Trinajstić information content (AvgIpc) is 2.71. The minimum absolute atomic E-state index is 0.184. The number of rotatable bonds is 4. The first-order valence-corrected chi connectivity index (χ1v) is 7.01. The van der Waals surface area contributed by atoms with Crippen LogP contribution in [0.25, 0.3) is 0 Å². The maximum atomic E-state index is 14.3. The normalized spacial score (nSPS) is 12.7. The Morgan fingerprint density at radius 3 is 2.74 bits per heavy atom. The van der Waals surface area contributed by atoms with Crippen LogP contribution in [-0.4, -0.2) is 16.3 Å². The van der Waals surface area contributed by atoms with Crippen molar-refractivity contribution in [1.82, 2.24) is 15.1 Å². The standard InChI is InChI=1S/C14H17BrFN3/c1-4-17-14(11-8-18-19(3)9(11)2)10-6-5-7-12(15)13(10)16/h5-8,14,17H,4H2,1-3H3. The van der Waals surface area contributed by atoms with Crippen molar-refractivity contribution in [1.29, 1.82) is 0 Å². The highest BCUT2D eigenvalue weighted by atomic mass is 79.9. The number of nitrogens with zero attached hydrogens (tertiary/aromatic N) is 2. The van der Waals surface area contributed by atoms with Crippen LogP contribution in [0.15, 0.2) is 28.9 Å². The van der Waals surface area contributed by atoms with Gasteiger partial charge < -0.3 is 5.32 Å². The molecule has 1 aromatic heterocycles. The van der Waals surface area contributed by atoms with Crippen molar-refractivity contribution in [2.24, 2.45) is 7.05 Å². The Bertz CT molecular complexity index is 580. The Morgan fingerprint density at radius 2 is 2.16 bits per heavy atom. The van der Waals surface area contributed by atoms with Gasteiger partial charge in [0.2, 0.25) is 0 Å². The van der Waals surface area contributed by atoms with Gasteiger partial charge in [-0.15, -0.1) is 0 Å². The van der Waals surface area contributed by atoms with Crippen molar-refractivity contribution < 1.29 is 4.39 Å². The highest BCUT2D eigenvalue weighted by molar-refractivity contribution is 9.10. The molecule has 3 nitrogen and oxygen atoms in total. The molecule has 0 aliphatic heterocycles. The third-order valence-electron chi connectivity index (χ3n) is 3.28. The van der Waals surface area contributed by atoms with E-state index in [9.17, 15) is 4.39 Å². The molecule has 0 aliphatic carbocycles. The summed E-state index contributed by atoms with van der Waals surface area (Å²) in [6.07, 6.45) is 1.79. The first kappa shape index (κ1) is 14.2. The highest BCUT2D eigenvalue weighted by Crippen LogP contribution is 2.29. The molecule has 2 rings (SSSR count). The Labute approximate surface area is 121 Å². The van der Waals surface area contributed by atoms with Crippen LogP contribution >= 0.6 is 15.9 Å². The summed E-state index contributed by atoms with van der Waals surface area (Å²) in [5, 5.41) is 7.56. The average molecular weight is 326 g/mol. The van der Waals surface area contributed by atoms with Crippen molar-refractivity contribution in [2.75, 3.05) is 6.54 Å². The molecule has 0 saturated carbocycles. The fourth-order valence-corrected chi connectivity index (χ4v) is 2.52. The number of hydrogen-bond acceptors (Lipinski definition) is 2. The lowest BCUT2D eigenvalue weighted by Gasteiger charge is -2.19. The molecule has 1 aromatic carbocycles. The van der Waals surface area contributed by atoms with Gasteiger partial charge in [-0.1, -0.05) is 19.1 Å². The molecule has 5 heteroatoms. The molecule has 1 atom stereocenters. The van der Waals surface area contributed by atoms with Crippen LogP contribution in [0.4, 0.5) is 4.39 Å². The summed E-state index contributed by atoms with van der Waals surface area (Å²) in [4.78, 5) is 0. The highest BCUT2D eigenvalue weighted by Gasteiger charge is 2.21. The van der Waals surface area contributed by atoms with Crippen molar-refractivity contribution in [3.63, 3.8) is 0 Å². The van der Waals surface area contributed by atoms with E-state index < -0.39 is 0 Å². The topological polar surface area (TPSA) is 29.9 Å². The van der Waals surface area contributed by atoms with Crippen LogP contribution in [0.3, 0.4) is 0 Å². The van der Waals surface area contributed by atoms with Crippen LogP contribution in [0.2, 0.25) is 0 Å². The SMILES string of the molecule is CCNC(c1cccc(Br)c1F)c1cnn(C)c1C. The van der Waals surface area contributed by atoms with E-state index in [1.807, 2.05) is 27.0 Å². The molecule has 102 valence electrons. The minimum Gasteiger partial charge on any atom is -0.306 e. The second-order valence-corrected chi connectivity index (χ2v) is 5.30. The van der Waals surface area contributed by atoms with Crippen LogP contribution in [0.1, 0.15) is 29.8 Å². The molecule has 0 saturated heterocycles. The van der Waals surface area contributed by atoms with Crippen LogP contribution in [-0.2, 0) is 7.05 Å². The lowest BCUT2D eigenvalue weighted by Crippen LogP contribution is -2.23. The Morgan fingerprint density at radius 1 is 1.42 bits per heavy atom. The van der Waals surface area contributed by atoms with Gasteiger partial charge in [0.15, 0.2) is 0 Å². The summed E-state index contributed by atoms with van der Waals surface area (Å²) in [5.41, 5.74) is 2.67. The van der Waals surface area contributed by atoms with E-state index in [1.165, 1.54) is 0 Å². The van der Waals surface area contributed by atoms with Crippen molar-refractivity contribution in [3.8, 4) is 0 Å². The van der Waals surface area contributed by atoms with Crippen molar-refractivity contribution in [2.45, 2.75) is 19.9 Å². The van der Waals surface area contributed by atoms with Gasteiger partial charge >= 0.3 is 0 Å². The van der Waals surface area contributed by atoms with Gasteiger partial charge in [0.05, 0.1) is 16.7 Å². The molecular formula is C14H17BrFN3. The minimum atomic E-state index is -0.225. The molecule has 1 unspecified atom stereocenters. The zero-order valence-corrected chi connectivity index (χ0v) is 12.8. The van der Waals surface area contributed by atoms with Crippen LogP contribution in [0.5, 0.6) is 0 Å². The Balaban J connectivity index is 2.51. The van der Waals surface area contributed by atoms with E-state index in [2.05, 4.69) is 26.3 Å². The molecule has 0 radical (unpaired) electrons. The van der Waals surface area contributed by atoms with Gasteiger partial charge in [0.25, 0.3) is 0 Å². The molecule has 0 bridgehead atoms. The molecule has 0 aliphatic rings. The zero-order valence-electron chi connectivity index (χ0n) is 11.2. The first-order chi connectivity index (χ1) is 9.06. The molecule has 2 aromatic rings. The smallest absolute Gasteiger partial charge is 0.142 e. The summed E-state index contributed by atoms with van der Waals surface area (Å²) in [7, 11) is 1.89. The maximum Gasteiger partial charge on any atom is 0.142 e. The molecule has 1 heterocycles.